The van der Waals surface area contributed by atoms with Crippen molar-refractivity contribution in [3.63, 3.8) is 0 Å². The van der Waals surface area contributed by atoms with Crippen LogP contribution in [0.2, 0.25) is 0 Å². The van der Waals surface area contributed by atoms with Gasteiger partial charge < -0.3 is 10.2 Å². The Balaban J connectivity index is 2.70. The maximum atomic E-state index is 12.2. The highest BCUT2D eigenvalue weighted by atomic mass is 16.2. The van der Waals surface area contributed by atoms with Gasteiger partial charge in [-0.25, -0.2) is 4.79 Å². The fourth-order valence-corrected chi connectivity index (χ4v) is 1.91. The third-order valence-corrected chi connectivity index (χ3v) is 2.94. The summed E-state index contributed by atoms with van der Waals surface area (Å²) in [4.78, 5) is 18.0. The molecular formula is C15H23N3O. The van der Waals surface area contributed by atoms with E-state index in [0.717, 1.165) is 17.6 Å². The van der Waals surface area contributed by atoms with Crippen LogP contribution in [0.25, 0.3) is 0 Å². The van der Waals surface area contributed by atoms with Gasteiger partial charge in [-0.2, -0.15) is 0 Å². The first-order valence-electron chi connectivity index (χ1n) is 6.68. The Labute approximate surface area is 115 Å². The molecule has 0 saturated heterocycles. The molecule has 1 atom stereocenters. The van der Waals surface area contributed by atoms with Gasteiger partial charge in [0.15, 0.2) is 0 Å². The summed E-state index contributed by atoms with van der Waals surface area (Å²) < 4.78 is 0. The third kappa shape index (κ3) is 4.73. The highest BCUT2D eigenvalue weighted by Gasteiger charge is 2.16. The normalized spacial score (nSPS) is 11.7. The van der Waals surface area contributed by atoms with E-state index < -0.39 is 0 Å². The van der Waals surface area contributed by atoms with Gasteiger partial charge in [0.05, 0.1) is 6.04 Å². The fourth-order valence-electron chi connectivity index (χ4n) is 1.91. The summed E-state index contributed by atoms with van der Waals surface area (Å²) >= 11 is 0. The fraction of sp³-hybridized carbons (Fsp3) is 0.467. The molecule has 1 aromatic rings. The standard InChI is InChI=1S/C15H23N3O/c1-5-14(13-7-9-16-10-8-13)17-15(19)18(6-2)11-12(3)4/h7-10,14H,3,5-6,11H2,1-2,4H3,(H,17,19). The summed E-state index contributed by atoms with van der Waals surface area (Å²) in [6.45, 7) is 11.1. The average molecular weight is 261 g/mol. The number of pyridine rings is 1. The number of hydrogen-bond donors (Lipinski definition) is 1. The minimum Gasteiger partial charge on any atom is -0.331 e. The molecule has 104 valence electrons. The van der Waals surface area contributed by atoms with Crippen LogP contribution in [0.4, 0.5) is 4.79 Å². The number of aromatic nitrogens is 1. The van der Waals surface area contributed by atoms with E-state index in [-0.39, 0.29) is 12.1 Å². The monoisotopic (exact) mass is 261 g/mol. The molecule has 0 aromatic carbocycles. The number of nitrogens with one attached hydrogen (secondary N) is 1. The van der Waals surface area contributed by atoms with Crippen molar-refractivity contribution < 1.29 is 4.79 Å². The van der Waals surface area contributed by atoms with Crippen molar-refractivity contribution in [2.75, 3.05) is 13.1 Å². The Morgan fingerprint density at radius 1 is 1.42 bits per heavy atom. The van der Waals surface area contributed by atoms with E-state index in [4.69, 9.17) is 0 Å². The molecule has 1 aromatic heterocycles. The number of urea groups is 1. The van der Waals surface area contributed by atoms with E-state index in [1.807, 2.05) is 26.0 Å². The molecule has 0 spiro atoms. The third-order valence-electron chi connectivity index (χ3n) is 2.94. The number of amides is 2. The molecule has 1 unspecified atom stereocenters. The molecule has 0 bridgehead atoms. The second-order valence-electron chi connectivity index (χ2n) is 4.66. The lowest BCUT2D eigenvalue weighted by atomic mass is 10.1. The number of hydrogen-bond acceptors (Lipinski definition) is 2. The van der Waals surface area contributed by atoms with Gasteiger partial charge in [0.2, 0.25) is 0 Å². The van der Waals surface area contributed by atoms with Crippen LogP contribution in [0.1, 0.15) is 38.8 Å². The first kappa shape index (κ1) is 15.2. The second kappa shape index (κ2) is 7.56. The molecule has 2 amide bonds. The molecule has 1 N–H and O–H groups in total. The van der Waals surface area contributed by atoms with Crippen molar-refractivity contribution >= 4 is 6.03 Å². The largest absolute Gasteiger partial charge is 0.331 e. The van der Waals surface area contributed by atoms with Crippen LogP contribution < -0.4 is 5.32 Å². The molecule has 0 radical (unpaired) electrons. The van der Waals surface area contributed by atoms with E-state index in [9.17, 15) is 4.79 Å². The molecule has 0 fully saturated rings. The lowest BCUT2D eigenvalue weighted by Gasteiger charge is -2.25. The van der Waals surface area contributed by atoms with Gasteiger partial charge in [-0.3, -0.25) is 4.98 Å². The van der Waals surface area contributed by atoms with Crippen molar-refractivity contribution in [2.45, 2.75) is 33.2 Å². The summed E-state index contributed by atoms with van der Waals surface area (Å²) in [5, 5.41) is 3.06. The maximum absolute atomic E-state index is 12.2. The lowest BCUT2D eigenvalue weighted by molar-refractivity contribution is 0.200. The number of carbonyl (C=O) groups is 1. The quantitative estimate of drug-likeness (QED) is 0.800. The van der Waals surface area contributed by atoms with Gasteiger partial charge >= 0.3 is 6.03 Å². The first-order chi connectivity index (χ1) is 9.08. The van der Waals surface area contributed by atoms with Crippen molar-refractivity contribution in [3.8, 4) is 0 Å². The van der Waals surface area contributed by atoms with Crippen molar-refractivity contribution in [1.82, 2.24) is 15.2 Å². The molecule has 0 aliphatic carbocycles. The molecule has 19 heavy (non-hydrogen) atoms. The Hall–Kier alpha value is -1.84. The first-order valence-corrected chi connectivity index (χ1v) is 6.68. The predicted octanol–water partition coefficient (Wildman–Crippen LogP) is 3.14. The maximum Gasteiger partial charge on any atom is 0.318 e. The topological polar surface area (TPSA) is 45.2 Å². The smallest absolute Gasteiger partial charge is 0.318 e. The average Bonchev–Trinajstić information content (AvgIpc) is 2.42. The Kier molecular flexibility index (Phi) is 6.06. The van der Waals surface area contributed by atoms with Crippen LogP contribution in [-0.4, -0.2) is 29.0 Å². The summed E-state index contributed by atoms with van der Waals surface area (Å²) in [5.74, 6) is 0. The van der Waals surface area contributed by atoms with Crippen LogP contribution in [-0.2, 0) is 0 Å². The molecule has 1 heterocycles. The highest BCUT2D eigenvalue weighted by Crippen LogP contribution is 2.15. The zero-order valence-electron chi connectivity index (χ0n) is 12.0. The lowest BCUT2D eigenvalue weighted by Crippen LogP contribution is -2.42. The number of likely N-dealkylation sites (N-methyl/N-ethyl adjacent to an activating group) is 1. The highest BCUT2D eigenvalue weighted by molar-refractivity contribution is 5.75. The Bertz CT molecular complexity index is 417. The van der Waals surface area contributed by atoms with Gasteiger partial charge in [-0.05, 0) is 38.0 Å². The second-order valence-corrected chi connectivity index (χ2v) is 4.66. The summed E-state index contributed by atoms with van der Waals surface area (Å²) in [6.07, 6.45) is 4.34. The minimum absolute atomic E-state index is 0.0228. The molecule has 1 rings (SSSR count). The van der Waals surface area contributed by atoms with Gasteiger partial charge in [0.1, 0.15) is 0 Å². The molecule has 4 heteroatoms. The van der Waals surface area contributed by atoms with Crippen molar-refractivity contribution in [2.24, 2.45) is 0 Å². The van der Waals surface area contributed by atoms with Gasteiger partial charge in [-0.1, -0.05) is 19.1 Å². The number of carbonyl (C=O) groups excluding carboxylic acids is 1. The van der Waals surface area contributed by atoms with E-state index in [1.54, 1.807) is 17.3 Å². The SMILES string of the molecule is C=C(C)CN(CC)C(=O)NC(CC)c1ccncc1. The van der Waals surface area contributed by atoms with Gasteiger partial charge in [0, 0.05) is 25.5 Å². The van der Waals surface area contributed by atoms with Gasteiger partial charge in [-0.15, -0.1) is 0 Å². The van der Waals surface area contributed by atoms with Crippen LogP contribution in [0.3, 0.4) is 0 Å². The van der Waals surface area contributed by atoms with E-state index in [0.29, 0.717) is 13.1 Å². The van der Waals surface area contributed by atoms with Crippen LogP contribution >= 0.6 is 0 Å². The molecule has 4 nitrogen and oxygen atoms in total. The molecular weight excluding hydrogens is 238 g/mol. The minimum atomic E-state index is -0.0471. The summed E-state index contributed by atoms with van der Waals surface area (Å²) in [5.41, 5.74) is 2.06. The van der Waals surface area contributed by atoms with Gasteiger partial charge in [0.25, 0.3) is 0 Å². The number of nitrogens with zero attached hydrogens (tertiary/aromatic N) is 2. The zero-order valence-corrected chi connectivity index (χ0v) is 12.0. The van der Waals surface area contributed by atoms with Crippen LogP contribution in [0.5, 0.6) is 0 Å². The number of rotatable bonds is 6. The van der Waals surface area contributed by atoms with Crippen LogP contribution in [0, 0.1) is 0 Å². The molecule has 0 aliphatic heterocycles. The summed E-state index contributed by atoms with van der Waals surface area (Å²) in [7, 11) is 0. The van der Waals surface area contributed by atoms with E-state index in [2.05, 4.69) is 23.8 Å². The van der Waals surface area contributed by atoms with Crippen molar-refractivity contribution in [3.05, 3.63) is 42.2 Å². The predicted molar refractivity (Wildman–Crippen MR) is 77.9 cm³/mol. The molecule has 0 aliphatic rings. The van der Waals surface area contributed by atoms with E-state index in [1.165, 1.54) is 0 Å². The molecule has 0 saturated carbocycles. The Morgan fingerprint density at radius 2 is 2.05 bits per heavy atom. The van der Waals surface area contributed by atoms with E-state index >= 15 is 0 Å². The zero-order chi connectivity index (χ0) is 14.3. The summed E-state index contributed by atoms with van der Waals surface area (Å²) in [6, 6.07) is 3.84. The Morgan fingerprint density at radius 3 is 2.53 bits per heavy atom. The van der Waals surface area contributed by atoms with Crippen molar-refractivity contribution in [1.29, 1.82) is 0 Å². The van der Waals surface area contributed by atoms with Crippen LogP contribution in [0.15, 0.2) is 36.7 Å².